The van der Waals surface area contributed by atoms with Crippen LogP contribution < -0.4 is 15.0 Å². The SMILES string of the molecule is C[C@H]1COCCN1c1cc(C(C)(C)S(C)(O)O)nc(-c2cc(F)c(NC(=O)Oc3ccccc3)c(F)c2)n1. The van der Waals surface area contributed by atoms with Gasteiger partial charge in [0, 0.05) is 24.4 Å². The molecule has 1 aromatic heterocycles. The number of halogens is 2. The van der Waals surface area contributed by atoms with E-state index in [4.69, 9.17) is 9.47 Å². The van der Waals surface area contributed by atoms with Gasteiger partial charge in [0.2, 0.25) is 0 Å². The molecule has 2 heterocycles. The molecule has 1 aliphatic rings. The lowest BCUT2D eigenvalue weighted by Gasteiger charge is -2.43. The molecule has 0 unspecified atom stereocenters. The van der Waals surface area contributed by atoms with Crippen molar-refractivity contribution in [2.75, 3.05) is 36.2 Å². The van der Waals surface area contributed by atoms with Gasteiger partial charge in [-0.05, 0) is 45.0 Å². The fraction of sp³-hybridized carbons (Fsp3) is 0.346. The fourth-order valence-electron chi connectivity index (χ4n) is 3.83. The van der Waals surface area contributed by atoms with Crippen molar-refractivity contribution in [3.63, 3.8) is 0 Å². The number of para-hydroxylation sites is 1. The molecule has 38 heavy (non-hydrogen) atoms. The van der Waals surface area contributed by atoms with Crippen LogP contribution in [0.2, 0.25) is 0 Å². The summed E-state index contributed by atoms with van der Waals surface area (Å²) in [5.41, 5.74) is -0.376. The van der Waals surface area contributed by atoms with E-state index in [2.05, 4.69) is 15.3 Å². The van der Waals surface area contributed by atoms with E-state index >= 15 is 8.78 Å². The van der Waals surface area contributed by atoms with Crippen molar-refractivity contribution in [1.29, 1.82) is 0 Å². The minimum absolute atomic E-state index is 0.00868. The predicted molar refractivity (Wildman–Crippen MR) is 143 cm³/mol. The summed E-state index contributed by atoms with van der Waals surface area (Å²) < 4.78 is 60.5. The molecule has 1 amide bonds. The van der Waals surface area contributed by atoms with Crippen molar-refractivity contribution >= 4 is 28.2 Å². The maximum Gasteiger partial charge on any atom is 0.417 e. The lowest BCUT2D eigenvalue weighted by molar-refractivity contribution is 0.0985. The van der Waals surface area contributed by atoms with E-state index in [0.29, 0.717) is 31.3 Å². The topological polar surface area (TPSA) is 117 Å². The zero-order chi connectivity index (χ0) is 27.7. The summed E-state index contributed by atoms with van der Waals surface area (Å²) in [4.78, 5) is 23.2. The second-order valence-electron chi connectivity index (χ2n) is 9.54. The number of amides is 1. The molecule has 1 aliphatic heterocycles. The average molecular weight is 549 g/mol. The van der Waals surface area contributed by atoms with Gasteiger partial charge in [0.05, 0.1) is 29.7 Å². The lowest BCUT2D eigenvalue weighted by atomic mass is 10.1. The number of nitrogens with zero attached hydrogens (tertiary/aromatic N) is 3. The van der Waals surface area contributed by atoms with Crippen LogP contribution in [-0.2, 0) is 9.48 Å². The zero-order valence-electron chi connectivity index (χ0n) is 21.4. The first kappa shape index (κ1) is 27.7. The molecule has 204 valence electrons. The molecule has 3 aromatic rings. The molecule has 3 N–H and O–H groups in total. The highest BCUT2D eigenvalue weighted by Crippen LogP contribution is 2.55. The Morgan fingerprint density at radius 3 is 2.42 bits per heavy atom. The standard InChI is InChI=1S/C26H30F2N4O5S/c1-16-15-36-11-10-32(16)22-14-21(26(2,3)38(4,34)35)29-24(30-22)17-12-19(27)23(20(28)13-17)31-25(33)37-18-8-6-5-7-9-18/h5-9,12-14,16,34-35H,10-11,15H2,1-4H3,(H,31,33)/t16-/m0/s1. The summed E-state index contributed by atoms with van der Waals surface area (Å²) in [6, 6.07) is 11.7. The van der Waals surface area contributed by atoms with Crippen LogP contribution >= 0.6 is 10.6 Å². The number of ether oxygens (including phenoxy) is 2. The molecular weight excluding hydrogens is 518 g/mol. The normalized spacial score (nSPS) is 16.7. The summed E-state index contributed by atoms with van der Waals surface area (Å²) in [6.45, 7) is 6.67. The average Bonchev–Trinajstić information content (AvgIpc) is 2.86. The van der Waals surface area contributed by atoms with Gasteiger partial charge in [-0.15, -0.1) is 0 Å². The largest absolute Gasteiger partial charge is 0.417 e. The summed E-state index contributed by atoms with van der Waals surface area (Å²) >= 11 is 0. The minimum Gasteiger partial charge on any atom is -0.410 e. The predicted octanol–water partition coefficient (Wildman–Crippen LogP) is 5.87. The van der Waals surface area contributed by atoms with E-state index < -0.39 is 38.8 Å². The Morgan fingerprint density at radius 1 is 1.16 bits per heavy atom. The van der Waals surface area contributed by atoms with Gasteiger partial charge >= 0.3 is 6.09 Å². The quantitative estimate of drug-likeness (QED) is 0.350. The highest BCUT2D eigenvalue weighted by molar-refractivity contribution is 8.24. The van der Waals surface area contributed by atoms with Crippen molar-refractivity contribution in [2.24, 2.45) is 0 Å². The smallest absolute Gasteiger partial charge is 0.410 e. The zero-order valence-corrected chi connectivity index (χ0v) is 22.3. The van der Waals surface area contributed by atoms with Gasteiger partial charge in [-0.25, -0.2) is 23.5 Å². The van der Waals surface area contributed by atoms with Crippen LogP contribution in [0.3, 0.4) is 0 Å². The van der Waals surface area contributed by atoms with E-state index in [9.17, 15) is 13.9 Å². The van der Waals surface area contributed by atoms with Crippen LogP contribution in [0.25, 0.3) is 11.4 Å². The molecule has 12 heteroatoms. The number of rotatable bonds is 6. The second kappa shape index (κ2) is 10.8. The number of hydrogen-bond donors (Lipinski definition) is 3. The fourth-order valence-corrected chi connectivity index (χ4v) is 4.33. The van der Waals surface area contributed by atoms with E-state index in [1.165, 1.54) is 18.4 Å². The van der Waals surface area contributed by atoms with Crippen LogP contribution in [0.15, 0.2) is 48.5 Å². The van der Waals surface area contributed by atoms with E-state index in [-0.39, 0.29) is 23.2 Å². The van der Waals surface area contributed by atoms with E-state index in [1.807, 2.05) is 11.8 Å². The maximum absolute atomic E-state index is 15.1. The van der Waals surface area contributed by atoms with Gasteiger partial charge < -0.3 is 14.4 Å². The number of morpholine rings is 1. The van der Waals surface area contributed by atoms with E-state index in [0.717, 1.165) is 12.1 Å². The van der Waals surface area contributed by atoms with Gasteiger partial charge in [0.1, 0.15) is 17.3 Å². The van der Waals surface area contributed by atoms with Crippen LogP contribution in [0.4, 0.5) is 25.1 Å². The Morgan fingerprint density at radius 2 is 1.82 bits per heavy atom. The van der Waals surface area contributed by atoms with Crippen LogP contribution in [0.1, 0.15) is 26.5 Å². The van der Waals surface area contributed by atoms with Crippen molar-refractivity contribution in [3.8, 4) is 17.1 Å². The first-order valence-corrected chi connectivity index (χ1v) is 13.8. The summed E-state index contributed by atoms with van der Waals surface area (Å²) in [6.07, 6.45) is 0.263. The first-order chi connectivity index (χ1) is 17.9. The Labute approximate surface area is 221 Å². The molecule has 1 fully saturated rings. The molecule has 0 spiro atoms. The Bertz CT molecular complexity index is 1300. The molecule has 2 aromatic carbocycles. The Balaban J connectivity index is 1.72. The molecule has 0 bridgehead atoms. The Kier molecular flexibility index (Phi) is 7.88. The number of carbonyl (C=O) groups excluding carboxylic acids is 1. The molecular formula is C26H30F2N4O5S. The monoisotopic (exact) mass is 548 g/mol. The minimum atomic E-state index is -3.12. The van der Waals surface area contributed by atoms with Gasteiger partial charge in [-0.2, -0.15) is 10.6 Å². The highest BCUT2D eigenvalue weighted by Gasteiger charge is 2.36. The van der Waals surface area contributed by atoms with Crippen LogP contribution in [-0.4, -0.2) is 57.2 Å². The first-order valence-electron chi connectivity index (χ1n) is 11.9. The number of anilines is 2. The molecule has 4 rings (SSSR count). The Hall–Kier alpha value is -3.32. The molecule has 0 aliphatic carbocycles. The summed E-state index contributed by atoms with van der Waals surface area (Å²) in [5.74, 6) is -1.45. The third-order valence-corrected chi connectivity index (χ3v) is 8.58. The molecule has 1 atom stereocenters. The number of benzene rings is 2. The van der Waals surface area contributed by atoms with E-state index in [1.54, 1.807) is 38.1 Å². The number of aromatic nitrogens is 2. The van der Waals surface area contributed by atoms with Crippen molar-refractivity contribution < 1.29 is 32.2 Å². The second-order valence-corrected chi connectivity index (χ2v) is 12.2. The van der Waals surface area contributed by atoms with Gasteiger partial charge in [-0.3, -0.25) is 14.4 Å². The molecule has 0 saturated carbocycles. The summed E-state index contributed by atoms with van der Waals surface area (Å²) in [7, 11) is -3.12. The van der Waals surface area contributed by atoms with Gasteiger partial charge in [-0.1, -0.05) is 18.2 Å². The third-order valence-electron chi connectivity index (χ3n) is 6.44. The number of carbonyl (C=O) groups is 1. The van der Waals surface area contributed by atoms with Crippen LogP contribution in [0, 0.1) is 11.6 Å². The molecule has 9 nitrogen and oxygen atoms in total. The van der Waals surface area contributed by atoms with Crippen molar-refractivity contribution in [3.05, 3.63) is 65.9 Å². The van der Waals surface area contributed by atoms with Crippen LogP contribution in [0.5, 0.6) is 5.75 Å². The maximum atomic E-state index is 15.1. The highest BCUT2D eigenvalue weighted by atomic mass is 32.3. The molecule has 1 saturated heterocycles. The van der Waals surface area contributed by atoms with Crippen molar-refractivity contribution in [1.82, 2.24) is 9.97 Å². The number of hydrogen-bond acceptors (Lipinski definition) is 8. The van der Waals surface area contributed by atoms with Gasteiger partial charge in [0.15, 0.2) is 17.5 Å². The summed E-state index contributed by atoms with van der Waals surface area (Å²) in [5, 5.41) is 2.09. The molecule has 0 radical (unpaired) electrons. The lowest BCUT2D eigenvalue weighted by Crippen LogP contribution is -2.44. The van der Waals surface area contributed by atoms with Crippen molar-refractivity contribution in [2.45, 2.75) is 31.6 Å². The van der Waals surface area contributed by atoms with Gasteiger partial charge in [0.25, 0.3) is 0 Å². The number of nitrogens with one attached hydrogen (secondary N) is 1. The third kappa shape index (κ3) is 5.88.